The summed E-state index contributed by atoms with van der Waals surface area (Å²) in [5.74, 6) is 2.06. The predicted octanol–water partition coefficient (Wildman–Crippen LogP) is 1.79. The van der Waals surface area contributed by atoms with E-state index in [1.807, 2.05) is 24.3 Å². The Hall–Kier alpha value is -1.84. The largest absolute Gasteiger partial charge is 0.399 e. The fourth-order valence-electron chi connectivity index (χ4n) is 2.23. The molecular formula is C13H16N4. The molecule has 2 aromatic rings. The molecule has 3 rings (SSSR count). The van der Waals surface area contributed by atoms with Gasteiger partial charge in [-0.05, 0) is 30.5 Å². The van der Waals surface area contributed by atoms with Gasteiger partial charge in [0.1, 0.15) is 5.82 Å². The van der Waals surface area contributed by atoms with Gasteiger partial charge < -0.3 is 5.73 Å². The number of benzene rings is 1. The SMILES string of the molecule is Nc1ccc(Cc2nc3n(n2)CCCC3)cc1. The first-order chi connectivity index (χ1) is 8.31. The summed E-state index contributed by atoms with van der Waals surface area (Å²) in [5, 5.41) is 4.54. The Morgan fingerprint density at radius 1 is 1.18 bits per heavy atom. The maximum absolute atomic E-state index is 5.66. The third kappa shape index (κ3) is 2.16. The number of nitrogens with two attached hydrogens (primary N) is 1. The van der Waals surface area contributed by atoms with E-state index in [-0.39, 0.29) is 0 Å². The lowest BCUT2D eigenvalue weighted by Crippen LogP contribution is -2.11. The first-order valence-corrected chi connectivity index (χ1v) is 6.08. The molecule has 0 bridgehead atoms. The Morgan fingerprint density at radius 2 is 2.00 bits per heavy atom. The van der Waals surface area contributed by atoms with Gasteiger partial charge in [-0.1, -0.05) is 12.1 Å². The predicted molar refractivity (Wildman–Crippen MR) is 66.6 cm³/mol. The van der Waals surface area contributed by atoms with E-state index in [0.717, 1.165) is 36.7 Å². The van der Waals surface area contributed by atoms with Crippen molar-refractivity contribution in [3.63, 3.8) is 0 Å². The molecule has 0 spiro atoms. The minimum atomic E-state index is 0.792. The van der Waals surface area contributed by atoms with Crippen molar-refractivity contribution in [1.29, 1.82) is 0 Å². The zero-order chi connectivity index (χ0) is 11.7. The Balaban J connectivity index is 1.80. The minimum absolute atomic E-state index is 0.792. The average Bonchev–Trinajstić information content (AvgIpc) is 2.74. The minimum Gasteiger partial charge on any atom is -0.399 e. The third-order valence-corrected chi connectivity index (χ3v) is 3.15. The molecule has 1 aromatic carbocycles. The van der Waals surface area contributed by atoms with Crippen LogP contribution in [-0.4, -0.2) is 14.8 Å². The second-order valence-corrected chi connectivity index (χ2v) is 4.54. The molecule has 17 heavy (non-hydrogen) atoms. The fourth-order valence-corrected chi connectivity index (χ4v) is 2.23. The number of aromatic nitrogens is 3. The summed E-state index contributed by atoms with van der Waals surface area (Å²) in [5.41, 5.74) is 7.67. The summed E-state index contributed by atoms with van der Waals surface area (Å²) >= 11 is 0. The van der Waals surface area contributed by atoms with Gasteiger partial charge in [0.2, 0.25) is 0 Å². The van der Waals surface area contributed by atoms with Gasteiger partial charge in [0.25, 0.3) is 0 Å². The molecule has 0 amide bonds. The van der Waals surface area contributed by atoms with Crippen LogP contribution in [0, 0.1) is 0 Å². The van der Waals surface area contributed by atoms with E-state index in [1.165, 1.54) is 18.4 Å². The van der Waals surface area contributed by atoms with E-state index < -0.39 is 0 Å². The van der Waals surface area contributed by atoms with Gasteiger partial charge in [0.15, 0.2) is 5.82 Å². The van der Waals surface area contributed by atoms with E-state index in [1.54, 1.807) is 0 Å². The average molecular weight is 228 g/mol. The number of hydrogen-bond donors (Lipinski definition) is 1. The smallest absolute Gasteiger partial charge is 0.155 e. The number of aryl methyl sites for hydroxylation is 2. The second kappa shape index (κ2) is 4.20. The van der Waals surface area contributed by atoms with Crippen molar-refractivity contribution < 1.29 is 0 Å². The summed E-state index contributed by atoms with van der Waals surface area (Å²) < 4.78 is 2.05. The molecule has 0 saturated carbocycles. The molecule has 2 heterocycles. The molecular weight excluding hydrogens is 212 g/mol. The van der Waals surface area contributed by atoms with Crippen LogP contribution < -0.4 is 5.73 Å². The van der Waals surface area contributed by atoms with Crippen LogP contribution >= 0.6 is 0 Å². The highest BCUT2D eigenvalue weighted by molar-refractivity contribution is 5.39. The zero-order valence-corrected chi connectivity index (χ0v) is 9.76. The molecule has 0 unspecified atom stereocenters. The summed E-state index contributed by atoms with van der Waals surface area (Å²) in [6, 6.07) is 7.92. The van der Waals surface area contributed by atoms with Gasteiger partial charge in [0.05, 0.1) is 0 Å². The van der Waals surface area contributed by atoms with Gasteiger partial charge in [-0.3, -0.25) is 0 Å². The van der Waals surface area contributed by atoms with Crippen molar-refractivity contribution in [3.8, 4) is 0 Å². The van der Waals surface area contributed by atoms with Crippen LogP contribution in [0.15, 0.2) is 24.3 Å². The standard InChI is InChI=1S/C13H16N4/c14-11-6-4-10(5-7-11)9-12-15-13-3-1-2-8-17(13)16-12/h4-7H,1-3,8-9,14H2. The van der Waals surface area contributed by atoms with Gasteiger partial charge in [-0.15, -0.1) is 0 Å². The fraction of sp³-hybridized carbons (Fsp3) is 0.385. The molecule has 0 fully saturated rings. The molecule has 1 aliphatic heterocycles. The lowest BCUT2D eigenvalue weighted by atomic mass is 10.1. The molecule has 4 nitrogen and oxygen atoms in total. The monoisotopic (exact) mass is 228 g/mol. The Bertz CT molecular complexity index is 489. The van der Waals surface area contributed by atoms with E-state index >= 15 is 0 Å². The Kier molecular flexibility index (Phi) is 2.55. The van der Waals surface area contributed by atoms with E-state index in [4.69, 9.17) is 5.73 Å². The highest BCUT2D eigenvalue weighted by Gasteiger charge is 2.13. The first kappa shape index (κ1) is 10.3. The van der Waals surface area contributed by atoms with Crippen molar-refractivity contribution in [2.45, 2.75) is 32.2 Å². The van der Waals surface area contributed by atoms with Crippen LogP contribution in [0.4, 0.5) is 5.69 Å². The van der Waals surface area contributed by atoms with Crippen molar-refractivity contribution in [2.75, 3.05) is 5.73 Å². The van der Waals surface area contributed by atoms with Crippen LogP contribution in [-0.2, 0) is 19.4 Å². The van der Waals surface area contributed by atoms with Crippen LogP contribution in [0.1, 0.15) is 30.1 Å². The van der Waals surface area contributed by atoms with Crippen molar-refractivity contribution in [2.24, 2.45) is 0 Å². The van der Waals surface area contributed by atoms with Crippen LogP contribution in [0.25, 0.3) is 0 Å². The second-order valence-electron chi connectivity index (χ2n) is 4.54. The molecule has 1 aromatic heterocycles. The molecule has 0 radical (unpaired) electrons. The third-order valence-electron chi connectivity index (χ3n) is 3.15. The normalized spacial score (nSPS) is 14.6. The summed E-state index contributed by atoms with van der Waals surface area (Å²) in [6.07, 6.45) is 4.31. The number of nitrogen functional groups attached to an aromatic ring is 1. The summed E-state index contributed by atoms with van der Waals surface area (Å²) in [7, 11) is 0. The number of hydrogen-bond acceptors (Lipinski definition) is 3. The van der Waals surface area contributed by atoms with E-state index in [0.29, 0.717) is 0 Å². The van der Waals surface area contributed by atoms with Crippen molar-refractivity contribution >= 4 is 5.69 Å². The number of nitrogens with zero attached hydrogens (tertiary/aromatic N) is 3. The van der Waals surface area contributed by atoms with Gasteiger partial charge in [-0.25, -0.2) is 9.67 Å². The molecule has 0 saturated heterocycles. The number of anilines is 1. The van der Waals surface area contributed by atoms with Gasteiger partial charge >= 0.3 is 0 Å². The maximum atomic E-state index is 5.66. The highest BCUT2D eigenvalue weighted by Crippen LogP contribution is 2.14. The molecule has 0 aliphatic carbocycles. The quantitative estimate of drug-likeness (QED) is 0.797. The summed E-state index contributed by atoms with van der Waals surface area (Å²) in [6.45, 7) is 1.02. The van der Waals surface area contributed by atoms with E-state index in [9.17, 15) is 0 Å². The number of rotatable bonds is 2. The molecule has 2 N–H and O–H groups in total. The van der Waals surface area contributed by atoms with Crippen molar-refractivity contribution in [3.05, 3.63) is 41.5 Å². The molecule has 0 atom stereocenters. The highest BCUT2D eigenvalue weighted by atomic mass is 15.3. The van der Waals surface area contributed by atoms with Gasteiger partial charge in [0, 0.05) is 25.1 Å². The van der Waals surface area contributed by atoms with Crippen LogP contribution in [0.3, 0.4) is 0 Å². The topological polar surface area (TPSA) is 56.7 Å². The lowest BCUT2D eigenvalue weighted by molar-refractivity contribution is 0.478. The first-order valence-electron chi connectivity index (χ1n) is 6.08. The van der Waals surface area contributed by atoms with E-state index in [2.05, 4.69) is 14.8 Å². The summed E-state index contributed by atoms with van der Waals surface area (Å²) in [4.78, 5) is 4.59. The Labute approximate surface area is 100 Å². The lowest BCUT2D eigenvalue weighted by Gasteiger charge is -2.09. The molecule has 88 valence electrons. The maximum Gasteiger partial charge on any atom is 0.155 e. The Morgan fingerprint density at radius 3 is 2.76 bits per heavy atom. The molecule has 4 heteroatoms. The van der Waals surface area contributed by atoms with Gasteiger partial charge in [-0.2, -0.15) is 5.10 Å². The molecule has 1 aliphatic rings. The zero-order valence-electron chi connectivity index (χ0n) is 9.76. The van der Waals surface area contributed by atoms with Crippen molar-refractivity contribution in [1.82, 2.24) is 14.8 Å². The number of fused-ring (bicyclic) bond motifs is 1. The van der Waals surface area contributed by atoms with Crippen LogP contribution in [0.2, 0.25) is 0 Å². The van der Waals surface area contributed by atoms with Crippen LogP contribution in [0.5, 0.6) is 0 Å².